The van der Waals surface area contributed by atoms with Gasteiger partial charge >= 0.3 is 0 Å². The van der Waals surface area contributed by atoms with Crippen LogP contribution in [0.4, 0.5) is 4.39 Å². The van der Waals surface area contributed by atoms with Crippen molar-refractivity contribution >= 4 is 5.91 Å². The Morgan fingerprint density at radius 3 is 2.48 bits per heavy atom. The molecular weight excluding hydrogens is 419 g/mol. The van der Waals surface area contributed by atoms with Crippen LogP contribution in [0.25, 0.3) is 0 Å². The van der Waals surface area contributed by atoms with E-state index in [-0.39, 0.29) is 23.4 Å². The maximum atomic E-state index is 13.4. The van der Waals surface area contributed by atoms with Crippen molar-refractivity contribution in [2.45, 2.75) is 56.8 Å². The van der Waals surface area contributed by atoms with Crippen molar-refractivity contribution in [3.8, 4) is 5.75 Å². The van der Waals surface area contributed by atoms with Gasteiger partial charge in [-0.15, -0.1) is 0 Å². The predicted octanol–water partition coefficient (Wildman–Crippen LogP) is 4.65. The highest BCUT2D eigenvalue weighted by Crippen LogP contribution is 2.38. The molecule has 0 N–H and O–H groups in total. The second-order valence-corrected chi connectivity index (χ2v) is 9.68. The molecule has 5 rings (SSSR count). The number of ether oxygens (including phenoxy) is 2. The van der Waals surface area contributed by atoms with Crippen LogP contribution in [0.1, 0.15) is 54.4 Å². The quantitative estimate of drug-likeness (QED) is 0.662. The van der Waals surface area contributed by atoms with Gasteiger partial charge in [0.25, 0.3) is 5.91 Å². The molecule has 176 valence electrons. The molecule has 3 heterocycles. The fraction of sp³-hybridized carbons (Fsp3) is 0.519. The average Bonchev–Trinajstić information content (AvgIpc) is 3.23. The van der Waals surface area contributed by atoms with Gasteiger partial charge in [-0.1, -0.05) is 24.6 Å². The van der Waals surface area contributed by atoms with Crippen LogP contribution in [0.5, 0.6) is 5.75 Å². The molecule has 2 aromatic carbocycles. The van der Waals surface area contributed by atoms with E-state index in [1.165, 1.54) is 31.4 Å². The highest BCUT2D eigenvalue weighted by molar-refractivity contribution is 5.95. The Hall–Kier alpha value is -2.44. The van der Waals surface area contributed by atoms with Gasteiger partial charge in [-0.3, -0.25) is 9.69 Å². The van der Waals surface area contributed by atoms with Crippen LogP contribution in [0.2, 0.25) is 0 Å². The molecule has 1 atom stereocenters. The Labute approximate surface area is 195 Å². The standard InChI is InChI=1S/C27H33FN2O3/c28-22-8-10-23(11-9-22)33-24-18-27(32-20-24)12-16-30(17-13-27)26(31)25-7-3-2-6-21(25)19-29-14-4-1-5-15-29/h2-3,6-11,24H,1,4-5,12-20H2/t24-/m0/s1. The van der Waals surface area contributed by atoms with Crippen LogP contribution in [0.15, 0.2) is 48.5 Å². The lowest BCUT2D eigenvalue weighted by Gasteiger charge is -2.39. The van der Waals surface area contributed by atoms with Gasteiger partial charge in [0.2, 0.25) is 0 Å². The van der Waals surface area contributed by atoms with Gasteiger partial charge in [0.1, 0.15) is 17.7 Å². The van der Waals surface area contributed by atoms with E-state index >= 15 is 0 Å². The zero-order valence-electron chi connectivity index (χ0n) is 19.2. The molecule has 3 saturated heterocycles. The van der Waals surface area contributed by atoms with Gasteiger partial charge in [0, 0.05) is 31.6 Å². The maximum absolute atomic E-state index is 13.4. The lowest BCUT2D eigenvalue weighted by Crippen LogP contribution is -2.47. The van der Waals surface area contributed by atoms with E-state index in [1.807, 2.05) is 23.1 Å². The number of nitrogens with zero attached hydrogens (tertiary/aromatic N) is 2. The number of piperidine rings is 2. The number of halogens is 1. The number of hydrogen-bond donors (Lipinski definition) is 0. The molecule has 3 fully saturated rings. The predicted molar refractivity (Wildman–Crippen MR) is 125 cm³/mol. The van der Waals surface area contributed by atoms with Crippen molar-refractivity contribution in [2.24, 2.45) is 0 Å². The van der Waals surface area contributed by atoms with E-state index in [0.29, 0.717) is 25.4 Å². The first-order valence-corrected chi connectivity index (χ1v) is 12.3. The molecule has 0 aromatic heterocycles. The van der Waals surface area contributed by atoms with Crippen LogP contribution in [0.3, 0.4) is 0 Å². The molecule has 5 nitrogen and oxygen atoms in total. The van der Waals surface area contributed by atoms with E-state index in [1.54, 1.807) is 12.1 Å². The summed E-state index contributed by atoms with van der Waals surface area (Å²) < 4.78 is 25.4. The normalized spacial score (nSPS) is 23.1. The number of carbonyl (C=O) groups is 1. The molecule has 0 aliphatic carbocycles. The van der Waals surface area contributed by atoms with Crippen molar-refractivity contribution in [2.75, 3.05) is 32.8 Å². The molecule has 33 heavy (non-hydrogen) atoms. The van der Waals surface area contributed by atoms with Crippen molar-refractivity contribution in [1.29, 1.82) is 0 Å². The van der Waals surface area contributed by atoms with Gasteiger partial charge in [-0.25, -0.2) is 4.39 Å². The topological polar surface area (TPSA) is 42.0 Å². The zero-order chi connectivity index (χ0) is 22.7. The van der Waals surface area contributed by atoms with Crippen molar-refractivity contribution in [1.82, 2.24) is 9.80 Å². The van der Waals surface area contributed by atoms with Crippen molar-refractivity contribution < 1.29 is 18.7 Å². The first kappa shape index (κ1) is 22.4. The maximum Gasteiger partial charge on any atom is 0.254 e. The molecule has 1 amide bonds. The number of benzene rings is 2. The number of hydrogen-bond acceptors (Lipinski definition) is 4. The third-order valence-corrected chi connectivity index (χ3v) is 7.34. The summed E-state index contributed by atoms with van der Waals surface area (Å²) in [7, 11) is 0. The van der Waals surface area contributed by atoms with E-state index in [2.05, 4.69) is 11.0 Å². The van der Waals surface area contributed by atoms with E-state index in [4.69, 9.17) is 9.47 Å². The van der Waals surface area contributed by atoms with Crippen molar-refractivity contribution in [3.63, 3.8) is 0 Å². The minimum atomic E-state index is -0.268. The monoisotopic (exact) mass is 452 g/mol. The van der Waals surface area contributed by atoms with Gasteiger partial charge in [-0.2, -0.15) is 0 Å². The first-order chi connectivity index (χ1) is 16.1. The summed E-state index contributed by atoms with van der Waals surface area (Å²) in [6.45, 7) is 5.01. The molecular formula is C27H33FN2O3. The molecule has 3 aliphatic rings. The summed E-state index contributed by atoms with van der Waals surface area (Å²) in [5.74, 6) is 0.533. The number of likely N-dealkylation sites (tertiary alicyclic amines) is 2. The fourth-order valence-electron chi connectivity index (χ4n) is 5.45. The Morgan fingerprint density at radius 1 is 1.00 bits per heavy atom. The van der Waals surface area contributed by atoms with Gasteiger partial charge in [0.15, 0.2) is 0 Å². The third-order valence-electron chi connectivity index (χ3n) is 7.34. The number of carbonyl (C=O) groups excluding carboxylic acids is 1. The molecule has 0 saturated carbocycles. The molecule has 6 heteroatoms. The second-order valence-electron chi connectivity index (χ2n) is 9.68. The number of amides is 1. The minimum Gasteiger partial charge on any atom is -0.488 e. The Bertz CT molecular complexity index is 950. The van der Waals surface area contributed by atoms with Crippen LogP contribution >= 0.6 is 0 Å². The highest BCUT2D eigenvalue weighted by atomic mass is 19.1. The van der Waals surface area contributed by atoms with Crippen LogP contribution in [-0.2, 0) is 11.3 Å². The van der Waals surface area contributed by atoms with Crippen LogP contribution in [-0.4, -0.2) is 60.2 Å². The molecule has 0 radical (unpaired) electrons. The Morgan fingerprint density at radius 2 is 1.73 bits per heavy atom. The fourth-order valence-corrected chi connectivity index (χ4v) is 5.45. The molecule has 2 aromatic rings. The van der Waals surface area contributed by atoms with E-state index in [9.17, 15) is 9.18 Å². The largest absolute Gasteiger partial charge is 0.488 e. The Balaban J connectivity index is 1.17. The molecule has 0 unspecified atom stereocenters. The first-order valence-electron chi connectivity index (χ1n) is 12.3. The summed E-state index contributed by atoms with van der Waals surface area (Å²) in [4.78, 5) is 17.9. The third kappa shape index (κ3) is 5.22. The summed E-state index contributed by atoms with van der Waals surface area (Å²) in [6.07, 6.45) is 6.20. The van der Waals surface area contributed by atoms with Crippen LogP contribution < -0.4 is 4.74 Å². The average molecular weight is 453 g/mol. The summed E-state index contributed by atoms with van der Waals surface area (Å²) in [5.41, 5.74) is 1.74. The Kier molecular flexibility index (Phi) is 6.65. The SMILES string of the molecule is O=C(c1ccccc1CN1CCCCC1)N1CCC2(CC1)C[C@H](Oc1ccc(F)cc1)CO2. The molecule has 0 bridgehead atoms. The second kappa shape index (κ2) is 9.82. The summed E-state index contributed by atoms with van der Waals surface area (Å²) >= 11 is 0. The number of rotatable bonds is 5. The lowest BCUT2D eigenvalue weighted by atomic mass is 9.87. The molecule has 1 spiro atoms. The zero-order valence-corrected chi connectivity index (χ0v) is 19.2. The lowest BCUT2D eigenvalue weighted by molar-refractivity contribution is -0.0396. The smallest absolute Gasteiger partial charge is 0.254 e. The van der Waals surface area contributed by atoms with E-state index < -0.39 is 0 Å². The molecule has 3 aliphatic heterocycles. The highest BCUT2D eigenvalue weighted by Gasteiger charge is 2.44. The van der Waals surface area contributed by atoms with Gasteiger partial charge < -0.3 is 14.4 Å². The van der Waals surface area contributed by atoms with E-state index in [0.717, 1.165) is 50.0 Å². The van der Waals surface area contributed by atoms with Gasteiger partial charge in [-0.05, 0) is 74.7 Å². The van der Waals surface area contributed by atoms with Crippen LogP contribution in [0, 0.1) is 5.82 Å². The summed E-state index contributed by atoms with van der Waals surface area (Å²) in [6, 6.07) is 14.2. The summed E-state index contributed by atoms with van der Waals surface area (Å²) in [5, 5.41) is 0. The van der Waals surface area contributed by atoms with Crippen molar-refractivity contribution in [3.05, 3.63) is 65.5 Å². The van der Waals surface area contributed by atoms with Gasteiger partial charge in [0.05, 0.1) is 12.2 Å². The minimum absolute atomic E-state index is 0.0389.